The number of nitrogens with one attached hydrogen (secondary N) is 2. The number of amides is 1. The van der Waals surface area contributed by atoms with Crippen molar-refractivity contribution in [3.63, 3.8) is 0 Å². The molecule has 7 nitrogen and oxygen atoms in total. The van der Waals surface area contributed by atoms with Crippen LogP contribution in [-0.2, 0) is 22.6 Å². The van der Waals surface area contributed by atoms with Gasteiger partial charge in [0.2, 0.25) is 5.91 Å². The summed E-state index contributed by atoms with van der Waals surface area (Å²) in [6, 6.07) is 8.37. The molecule has 1 aromatic carbocycles. The van der Waals surface area contributed by atoms with Gasteiger partial charge < -0.3 is 20.3 Å². The van der Waals surface area contributed by atoms with Gasteiger partial charge in [-0.25, -0.2) is 4.99 Å². The molecule has 0 aromatic heterocycles. The van der Waals surface area contributed by atoms with Crippen molar-refractivity contribution in [3.8, 4) is 0 Å². The largest absolute Gasteiger partial charge is 0.379 e. The molecule has 0 saturated carbocycles. The second-order valence-electron chi connectivity index (χ2n) is 7.27. The molecule has 8 heteroatoms. The summed E-state index contributed by atoms with van der Waals surface area (Å²) < 4.78 is 5.44. The van der Waals surface area contributed by atoms with E-state index in [1.807, 2.05) is 13.0 Å². The van der Waals surface area contributed by atoms with Gasteiger partial charge in [0.1, 0.15) is 0 Å². The molecule has 2 N–H and O–H groups in total. The van der Waals surface area contributed by atoms with Crippen molar-refractivity contribution in [2.75, 3.05) is 53.5 Å². The number of aliphatic imine (C=N–C) groups is 1. The van der Waals surface area contributed by atoms with Crippen LogP contribution >= 0.6 is 24.0 Å². The lowest BCUT2D eigenvalue weighted by atomic mass is 10.1. The van der Waals surface area contributed by atoms with E-state index in [1.54, 1.807) is 19.0 Å². The van der Waals surface area contributed by atoms with Gasteiger partial charge in [0.05, 0.1) is 26.3 Å². The standard InChI is InChI=1S/C21H33N5O2.HI/c1-17(2)13-22-21(24-15-20(27)25(3)4)23-14-18-7-5-6-8-19(18)16-26-9-11-28-12-10-26;/h5-8H,1,9-16H2,2-4H3,(H2,22,23,24);1H. The molecular formula is C21H34IN5O2. The summed E-state index contributed by atoms with van der Waals surface area (Å²) in [5.74, 6) is 0.608. The molecule has 1 amide bonds. The van der Waals surface area contributed by atoms with E-state index in [9.17, 15) is 4.79 Å². The lowest BCUT2D eigenvalue weighted by molar-refractivity contribution is -0.127. The Hall–Kier alpha value is -1.65. The van der Waals surface area contributed by atoms with Crippen LogP contribution in [0.1, 0.15) is 18.1 Å². The van der Waals surface area contributed by atoms with Crippen LogP contribution in [0.5, 0.6) is 0 Å². The number of halogens is 1. The molecule has 1 saturated heterocycles. The summed E-state index contributed by atoms with van der Waals surface area (Å²) in [4.78, 5) is 20.5. The molecule has 1 heterocycles. The Kier molecular flexibility index (Phi) is 11.9. The van der Waals surface area contributed by atoms with Gasteiger partial charge in [0.15, 0.2) is 5.96 Å². The SMILES string of the molecule is C=C(C)CNC(=NCc1ccccc1CN1CCOCC1)NCC(=O)N(C)C.I. The molecular weight excluding hydrogens is 481 g/mol. The van der Waals surface area contributed by atoms with E-state index in [0.717, 1.165) is 38.4 Å². The number of nitrogens with zero attached hydrogens (tertiary/aromatic N) is 3. The maximum Gasteiger partial charge on any atom is 0.241 e. The van der Waals surface area contributed by atoms with Crippen molar-refractivity contribution >= 4 is 35.8 Å². The van der Waals surface area contributed by atoms with E-state index < -0.39 is 0 Å². The summed E-state index contributed by atoms with van der Waals surface area (Å²) >= 11 is 0. The van der Waals surface area contributed by atoms with Crippen molar-refractivity contribution in [1.29, 1.82) is 0 Å². The average molecular weight is 515 g/mol. The molecule has 2 rings (SSSR count). The van der Waals surface area contributed by atoms with Gasteiger partial charge in [0, 0.05) is 40.3 Å². The van der Waals surface area contributed by atoms with Crippen LogP contribution in [-0.4, -0.2) is 75.2 Å². The third-order valence-corrected chi connectivity index (χ3v) is 4.49. The zero-order valence-electron chi connectivity index (χ0n) is 17.7. The van der Waals surface area contributed by atoms with Crippen LogP contribution in [0.4, 0.5) is 0 Å². The predicted octanol–water partition coefficient (Wildman–Crippen LogP) is 1.84. The number of guanidine groups is 1. The maximum absolute atomic E-state index is 11.9. The average Bonchev–Trinajstić information content (AvgIpc) is 2.68. The highest BCUT2D eigenvalue weighted by Crippen LogP contribution is 2.14. The fourth-order valence-electron chi connectivity index (χ4n) is 2.76. The predicted molar refractivity (Wildman–Crippen MR) is 129 cm³/mol. The minimum absolute atomic E-state index is 0. The molecule has 0 radical (unpaired) electrons. The molecule has 29 heavy (non-hydrogen) atoms. The smallest absolute Gasteiger partial charge is 0.241 e. The minimum atomic E-state index is -0.00228. The van der Waals surface area contributed by atoms with Crippen LogP contribution in [0, 0.1) is 0 Å². The topological polar surface area (TPSA) is 69.2 Å². The highest BCUT2D eigenvalue weighted by Gasteiger charge is 2.13. The van der Waals surface area contributed by atoms with Gasteiger partial charge in [-0.2, -0.15) is 0 Å². The molecule has 1 fully saturated rings. The third-order valence-electron chi connectivity index (χ3n) is 4.49. The van der Waals surface area contributed by atoms with Crippen LogP contribution < -0.4 is 10.6 Å². The van der Waals surface area contributed by atoms with Gasteiger partial charge in [0.25, 0.3) is 0 Å². The van der Waals surface area contributed by atoms with Crippen molar-refractivity contribution in [2.24, 2.45) is 4.99 Å². The summed E-state index contributed by atoms with van der Waals surface area (Å²) in [7, 11) is 3.48. The summed E-state index contributed by atoms with van der Waals surface area (Å²) in [5.41, 5.74) is 3.46. The number of hydrogen-bond donors (Lipinski definition) is 2. The van der Waals surface area contributed by atoms with Gasteiger partial charge in [-0.3, -0.25) is 9.69 Å². The fourth-order valence-corrected chi connectivity index (χ4v) is 2.76. The number of ether oxygens (including phenoxy) is 1. The van der Waals surface area contributed by atoms with Crippen molar-refractivity contribution in [3.05, 3.63) is 47.5 Å². The molecule has 0 atom stereocenters. The zero-order chi connectivity index (χ0) is 20.4. The van der Waals surface area contributed by atoms with Crippen molar-refractivity contribution < 1.29 is 9.53 Å². The summed E-state index contributed by atoms with van der Waals surface area (Å²) in [6.45, 7) is 11.6. The van der Waals surface area contributed by atoms with Gasteiger partial charge in [-0.15, -0.1) is 24.0 Å². The minimum Gasteiger partial charge on any atom is -0.379 e. The Bertz CT molecular complexity index is 687. The molecule has 0 aliphatic carbocycles. The van der Waals surface area contributed by atoms with Gasteiger partial charge >= 0.3 is 0 Å². The number of morpholine rings is 1. The fraction of sp³-hybridized carbons (Fsp3) is 0.524. The normalized spacial score (nSPS) is 14.7. The van der Waals surface area contributed by atoms with E-state index in [0.29, 0.717) is 19.0 Å². The van der Waals surface area contributed by atoms with Crippen molar-refractivity contribution in [2.45, 2.75) is 20.0 Å². The first kappa shape index (κ1) is 25.4. The molecule has 1 aromatic rings. The summed E-state index contributed by atoms with van der Waals surface area (Å²) in [5, 5.41) is 6.33. The van der Waals surface area contributed by atoms with E-state index in [2.05, 4.69) is 40.3 Å². The number of rotatable bonds is 8. The first-order valence-electron chi connectivity index (χ1n) is 9.69. The first-order chi connectivity index (χ1) is 13.5. The maximum atomic E-state index is 11.9. The lowest BCUT2D eigenvalue weighted by Gasteiger charge is -2.27. The quantitative estimate of drug-likeness (QED) is 0.240. The number of carbonyl (C=O) groups excluding carboxylic acids is 1. The monoisotopic (exact) mass is 515 g/mol. The van der Waals surface area contributed by atoms with E-state index in [1.165, 1.54) is 11.1 Å². The van der Waals surface area contributed by atoms with Crippen LogP contribution in [0.25, 0.3) is 0 Å². The molecule has 0 bridgehead atoms. The zero-order valence-corrected chi connectivity index (χ0v) is 20.1. The highest BCUT2D eigenvalue weighted by atomic mass is 127. The van der Waals surface area contributed by atoms with E-state index >= 15 is 0 Å². The third kappa shape index (κ3) is 9.60. The second-order valence-corrected chi connectivity index (χ2v) is 7.27. The number of likely N-dealkylation sites (N-methyl/N-ethyl adjacent to an activating group) is 1. The van der Waals surface area contributed by atoms with Crippen LogP contribution in [0.3, 0.4) is 0 Å². The Balaban J connectivity index is 0.00000420. The molecule has 0 spiro atoms. The number of benzene rings is 1. The number of carbonyl (C=O) groups is 1. The van der Waals surface area contributed by atoms with Crippen LogP contribution in [0.2, 0.25) is 0 Å². The van der Waals surface area contributed by atoms with E-state index in [-0.39, 0.29) is 36.4 Å². The highest BCUT2D eigenvalue weighted by molar-refractivity contribution is 14.0. The Morgan fingerprint density at radius 3 is 2.41 bits per heavy atom. The first-order valence-corrected chi connectivity index (χ1v) is 9.69. The summed E-state index contributed by atoms with van der Waals surface area (Å²) in [6.07, 6.45) is 0. The lowest BCUT2D eigenvalue weighted by Crippen LogP contribution is -2.43. The Morgan fingerprint density at radius 1 is 1.17 bits per heavy atom. The molecule has 0 unspecified atom stereocenters. The van der Waals surface area contributed by atoms with E-state index in [4.69, 9.17) is 9.73 Å². The number of hydrogen-bond acceptors (Lipinski definition) is 4. The Morgan fingerprint density at radius 2 is 1.79 bits per heavy atom. The molecule has 1 aliphatic rings. The Labute approximate surface area is 191 Å². The van der Waals surface area contributed by atoms with Gasteiger partial charge in [-0.1, -0.05) is 36.4 Å². The van der Waals surface area contributed by atoms with Crippen molar-refractivity contribution in [1.82, 2.24) is 20.4 Å². The van der Waals surface area contributed by atoms with Gasteiger partial charge in [-0.05, 0) is 18.1 Å². The molecule has 1 aliphatic heterocycles. The van der Waals surface area contributed by atoms with Crippen LogP contribution in [0.15, 0.2) is 41.4 Å². The molecule has 162 valence electrons. The second kappa shape index (κ2) is 13.6.